The van der Waals surface area contributed by atoms with Gasteiger partial charge in [-0.3, -0.25) is 4.79 Å². The predicted molar refractivity (Wildman–Crippen MR) is 116 cm³/mol. The molecule has 164 valence electrons. The van der Waals surface area contributed by atoms with Crippen molar-refractivity contribution in [2.75, 3.05) is 0 Å². The van der Waals surface area contributed by atoms with Crippen LogP contribution in [0, 0.1) is 29.6 Å². The summed E-state index contributed by atoms with van der Waals surface area (Å²) in [6.45, 7) is 11.8. The number of aliphatic hydroxyl groups excluding tert-OH is 1. The molecular formula is C25H34O5. The molecule has 3 aliphatic rings. The molecular weight excluding hydrogens is 380 g/mol. The Labute approximate surface area is 179 Å². The Morgan fingerprint density at radius 1 is 1.37 bits per heavy atom. The van der Waals surface area contributed by atoms with Crippen molar-refractivity contribution in [3.8, 4) is 0 Å². The normalized spacial score (nSPS) is 41.6. The third-order valence-electron chi connectivity index (χ3n) is 6.99. The van der Waals surface area contributed by atoms with E-state index in [-0.39, 0.29) is 29.8 Å². The zero-order valence-corrected chi connectivity index (χ0v) is 18.8. The molecule has 0 aromatic rings. The van der Waals surface area contributed by atoms with Gasteiger partial charge in [-0.25, -0.2) is 4.79 Å². The lowest BCUT2D eigenvalue weighted by molar-refractivity contribution is -0.132. The maximum Gasteiger partial charge on any atom is 0.328 e. The largest absolute Gasteiger partial charge is 0.478 e. The molecule has 1 heterocycles. The van der Waals surface area contributed by atoms with Crippen molar-refractivity contribution in [2.24, 2.45) is 29.6 Å². The van der Waals surface area contributed by atoms with Crippen molar-refractivity contribution >= 4 is 11.8 Å². The standard InChI is InChI=1S/C25H34O5/c1-13-9-18-10-14(2)23(29)17(5)22(18)20(19(13)12-16(4)26)11-15(3)24-25(6,30-24)8-7-21(27)28/h7-9,11-12,14,16-18,20,22,24,26H,10H2,1-6H3,(H,27,28)/b8-7+,15-11+,19-12?/t14-,16+,17+,18-,20+,22+,24-,25-/m0/s1. The molecule has 0 amide bonds. The molecule has 5 heteroatoms. The second-order valence-corrected chi connectivity index (χ2v) is 9.57. The van der Waals surface area contributed by atoms with Gasteiger partial charge in [0.2, 0.25) is 0 Å². The third kappa shape index (κ3) is 4.37. The second-order valence-electron chi connectivity index (χ2n) is 9.57. The number of hydrogen-bond acceptors (Lipinski definition) is 4. The maximum absolute atomic E-state index is 12.8. The average Bonchev–Trinajstić information content (AvgIpc) is 3.33. The van der Waals surface area contributed by atoms with Gasteiger partial charge in [0.05, 0.1) is 6.10 Å². The SMILES string of the molecule is CC1=C[C@H]2C[C@H](C)C(=O)[C@H](C)[C@H]2[C@H](/C=C(\C)[C@@H]2O[C@@]2(C)/C=C/C(=O)O)C1=C[C@@H](C)O. The maximum atomic E-state index is 12.8. The number of carbonyl (C=O) groups excluding carboxylic acids is 1. The van der Waals surface area contributed by atoms with Crippen molar-refractivity contribution < 1.29 is 24.5 Å². The number of carboxylic acid groups (broad SMARTS) is 1. The molecule has 30 heavy (non-hydrogen) atoms. The predicted octanol–water partition coefficient (Wildman–Crippen LogP) is 4.09. The Bertz CT molecular complexity index is 846. The van der Waals surface area contributed by atoms with Crippen LogP contribution in [-0.2, 0) is 14.3 Å². The number of Topliss-reactive ketones (excluding diaryl/α,β-unsaturated/α-hetero) is 1. The van der Waals surface area contributed by atoms with Crippen molar-refractivity contribution in [3.05, 3.63) is 47.1 Å². The molecule has 8 atom stereocenters. The van der Waals surface area contributed by atoms with Crippen LogP contribution >= 0.6 is 0 Å². The van der Waals surface area contributed by atoms with Gasteiger partial charge in [0.1, 0.15) is 17.5 Å². The van der Waals surface area contributed by atoms with E-state index in [9.17, 15) is 14.7 Å². The van der Waals surface area contributed by atoms with Crippen LogP contribution < -0.4 is 0 Å². The van der Waals surface area contributed by atoms with E-state index in [1.54, 1.807) is 13.0 Å². The minimum atomic E-state index is -0.992. The number of carbonyl (C=O) groups is 2. The van der Waals surface area contributed by atoms with E-state index in [4.69, 9.17) is 9.84 Å². The van der Waals surface area contributed by atoms with Crippen molar-refractivity contribution in [3.63, 3.8) is 0 Å². The number of epoxide rings is 1. The van der Waals surface area contributed by atoms with E-state index < -0.39 is 17.7 Å². The Morgan fingerprint density at radius 3 is 2.63 bits per heavy atom. The van der Waals surface area contributed by atoms with Gasteiger partial charge in [-0.15, -0.1) is 0 Å². The summed E-state index contributed by atoms with van der Waals surface area (Å²) in [5, 5.41) is 19.0. The van der Waals surface area contributed by atoms with E-state index in [1.165, 1.54) is 0 Å². The summed E-state index contributed by atoms with van der Waals surface area (Å²) >= 11 is 0. The number of aliphatic carboxylic acids is 1. The lowest BCUT2D eigenvalue weighted by Gasteiger charge is -2.45. The highest BCUT2D eigenvalue weighted by Gasteiger charge is 2.52. The number of carboxylic acids is 1. The molecule has 0 unspecified atom stereocenters. The van der Waals surface area contributed by atoms with E-state index in [0.717, 1.165) is 29.2 Å². The number of ketones is 1. The first-order chi connectivity index (χ1) is 13.9. The number of aliphatic hydroxyl groups is 1. The summed E-state index contributed by atoms with van der Waals surface area (Å²) in [5.41, 5.74) is 2.64. The van der Waals surface area contributed by atoms with Crippen LogP contribution in [-0.4, -0.2) is 39.8 Å². The Morgan fingerprint density at radius 2 is 2.03 bits per heavy atom. The van der Waals surface area contributed by atoms with Gasteiger partial charge in [-0.1, -0.05) is 37.6 Å². The molecule has 0 spiro atoms. The third-order valence-corrected chi connectivity index (χ3v) is 6.99. The van der Waals surface area contributed by atoms with Gasteiger partial charge in [0, 0.05) is 23.8 Å². The molecule has 1 saturated heterocycles. The van der Waals surface area contributed by atoms with Crippen LogP contribution in [0.15, 0.2) is 47.1 Å². The molecule has 5 nitrogen and oxygen atoms in total. The van der Waals surface area contributed by atoms with Crippen LogP contribution in [0.2, 0.25) is 0 Å². The zero-order chi connectivity index (χ0) is 22.4. The minimum absolute atomic E-state index is 0.0120. The molecule has 1 saturated carbocycles. The Hall–Kier alpha value is -1.98. The second kappa shape index (κ2) is 8.27. The summed E-state index contributed by atoms with van der Waals surface area (Å²) in [5.74, 6) is -0.189. The fourth-order valence-corrected chi connectivity index (χ4v) is 5.54. The van der Waals surface area contributed by atoms with E-state index in [2.05, 4.69) is 19.1 Å². The Kier molecular flexibility index (Phi) is 6.26. The molecule has 0 aromatic heterocycles. The molecule has 0 aromatic carbocycles. The van der Waals surface area contributed by atoms with Crippen LogP contribution in [0.5, 0.6) is 0 Å². The van der Waals surface area contributed by atoms with E-state index in [1.807, 2.05) is 33.8 Å². The molecule has 1 aliphatic heterocycles. The molecule has 2 aliphatic carbocycles. The first kappa shape index (κ1) is 22.7. The van der Waals surface area contributed by atoms with Gasteiger partial charge in [-0.05, 0) is 63.2 Å². The first-order valence-electron chi connectivity index (χ1n) is 10.8. The average molecular weight is 415 g/mol. The summed E-state index contributed by atoms with van der Waals surface area (Å²) in [4.78, 5) is 23.7. The topological polar surface area (TPSA) is 87.1 Å². The number of hydrogen-bond donors (Lipinski definition) is 2. The van der Waals surface area contributed by atoms with E-state index in [0.29, 0.717) is 11.7 Å². The van der Waals surface area contributed by atoms with Crippen LogP contribution in [0.1, 0.15) is 48.0 Å². The number of allylic oxidation sites excluding steroid dienone is 4. The lowest BCUT2D eigenvalue weighted by Crippen LogP contribution is -2.43. The zero-order valence-electron chi connectivity index (χ0n) is 18.8. The highest BCUT2D eigenvalue weighted by molar-refractivity contribution is 5.84. The smallest absolute Gasteiger partial charge is 0.328 e. The van der Waals surface area contributed by atoms with Gasteiger partial charge < -0.3 is 14.9 Å². The number of ether oxygens (including phenoxy) is 1. The van der Waals surface area contributed by atoms with Gasteiger partial charge in [0.25, 0.3) is 0 Å². The molecule has 2 N–H and O–H groups in total. The van der Waals surface area contributed by atoms with Gasteiger partial charge in [-0.2, -0.15) is 0 Å². The summed E-state index contributed by atoms with van der Waals surface area (Å²) in [6.07, 6.45) is 9.17. The Balaban J connectivity index is 1.98. The number of rotatable bonds is 5. The fourth-order valence-electron chi connectivity index (χ4n) is 5.54. The van der Waals surface area contributed by atoms with Crippen LogP contribution in [0.3, 0.4) is 0 Å². The van der Waals surface area contributed by atoms with Gasteiger partial charge in [0.15, 0.2) is 0 Å². The van der Waals surface area contributed by atoms with Crippen molar-refractivity contribution in [1.29, 1.82) is 0 Å². The highest BCUT2D eigenvalue weighted by Crippen LogP contribution is 2.50. The molecule has 3 rings (SSSR count). The van der Waals surface area contributed by atoms with Gasteiger partial charge >= 0.3 is 5.97 Å². The first-order valence-corrected chi connectivity index (χ1v) is 10.8. The number of fused-ring (bicyclic) bond motifs is 1. The van der Waals surface area contributed by atoms with Crippen molar-refractivity contribution in [2.45, 2.75) is 65.8 Å². The quantitative estimate of drug-likeness (QED) is 0.402. The monoisotopic (exact) mass is 414 g/mol. The molecule has 2 fully saturated rings. The minimum Gasteiger partial charge on any atom is -0.478 e. The summed E-state index contributed by atoms with van der Waals surface area (Å²) in [6, 6.07) is 0. The fraction of sp³-hybridized carbons (Fsp3) is 0.600. The van der Waals surface area contributed by atoms with Crippen molar-refractivity contribution in [1.82, 2.24) is 0 Å². The highest BCUT2D eigenvalue weighted by atomic mass is 16.6. The summed E-state index contributed by atoms with van der Waals surface area (Å²) < 4.78 is 5.83. The van der Waals surface area contributed by atoms with Crippen LogP contribution in [0.25, 0.3) is 0 Å². The lowest BCUT2D eigenvalue weighted by atomic mass is 9.58. The van der Waals surface area contributed by atoms with E-state index >= 15 is 0 Å². The summed E-state index contributed by atoms with van der Waals surface area (Å²) in [7, 11) is 0. The molecule has 0 radical (unpaired) electrons. The van der Waals surface area contributed by atoms with Crippen LogP contribution in [0.4, 0.5) is 0 Å². The molecule has 0 bridgehead atoms.